The third kappa shape index (κ3) is 3.23. The second kappa shape index (κ2) is 5.34. The van der Waals surface area contributed by atoms with Crippen LogP contribution < -0.4 is 10.6 Å². The van der Waals surface area contributed by atoms with Gasteiger partial charge in [-0.2, -0.15) is 4.98 Å². The third-order valence-electron chi connectivity index (χ3n) is 2.53. The Morgan fingerprint density at radius 2 is 2.25 bits per heavy atom. The van der Waals surface area contributed by atoms with Gasteiger partial charge < -0.3 is 10.6 Å². The van der Waals surface area contributed by atoms with Gasteiger partial charge in [0.05, 0.1) is 6.20 Å². The van der Waals surface area contributed by atoms with Gasteiger partial charge in [0.25, 0.3) is 0 Å². The zero-order valence-corrected chi connectivity index (χ0v) is 10.2. The zero-order valence-electron chi connectivity index (χ0n) is 9.46. The molecule has 88 valence electrons. The third-order valence-corrected chi connectivity index (χ3v) is 2.81. The fraction of sp³-hybridized carbons (Fsp3) is 0.636. The molecule has 0 unspecified atom stereocenters. The van der Waals surface area contributed by atoms with Crippen LogP contribution in [0.4, 0.5) is 11.8 Å². The summed E-state index contributed by atoms with van der Waals surface area (Å²) in [6.07, 6.45) is 5.33. The Kier molecular flexibility index (Phi) is 3.83. The summed E-state index contributed by atoms with van der Waals surface area (Å²) in [5, 5.41) is 7.00. The van der Waals surface area contributed by atoms with Gasteiger partial charge in [-0.1, -0.05) is 18.5 Å². The van der Waals surface area contributed by atoms with Crippen molar-refractivity contribution >= 4 is 23.4 Å². The molecule has 0 spiro atoms. The highest BCUT2D eigenvalue weighted by molar-refractivity contribution is 6.32. The first-order chi connectivity index (χ1) is 7.79. The molecule has 1 aliphatic rings. The highest BCUT2D eigenvalue weighted by Crippen LogP contribution is 2.29. The fourth-order valence-corrected chi connectivity index (χ4v) is 1.53. The first-order valence-corrected chi connectivity index (χ1v) is 6.17. The number of hydrogen-bond acceptors (Lipinski definition) is 4. The minimum absolute atomic E-state index is 0.586. The number of nitrogens with zero attached hydrogens (tertiary/aromatic N) is 2. The van der Waals surface area contributed by atoms with Crippen LogP contribution in [0.1, 0.15) is 26.2 Å². The van der Waals surface area contributed by atoms with E-state index in [1.807, 2.05) is 0 Å². The van der Waals surface area contributed by atoms with Gasteiger partial charge in [-0.3, -0.25) is 0 Å². The predicted octanol–water partition coefficient (Wildman–Crippen LogP) is 2.77. The molecule has 0 bridgehead atoms. The van der Waals surface area contributed by atoms with Crippen molar-refractivity contribution in [3.05, 3.63) is 11.2 Å². The number of hydrogen-bond donors (Lipinski definition) is 2. The molecule has 0 aromatic carbocycles. The van der Waals surface area contributed by atoms with E-state index in [1.165, 1.54) is 12.8 Å². The molecular formula is C11H17ClN4. The largest absolute Gasteiger partial charge is 0.368 e. The maximum absolute atomic E-state index is 6.02. The van der Waals surface area contributed by atoms with E-state index >= 15 is 0 Å². The van der Waals surface area contributed by atoms with E-state index in [9.17, 15) is 0 Å². The van der Waals surface area contributed by atoms with Crippen molar-refractivity contribution in [2.75, 3.05) is 23.7 Å². The molecule has 1 aromatic heterocycles. The van der Waals surface area contributed by atoms with Crippen molar-refractivity contribution < 1.29 is 0 Å². The molecular weight excluding hydrogens is 224 g/mol. The Bertz CT molecular complexity index is 352. The maximum Gasteiger partial charge on any atom is 0.224 e. The van der Waals surface area contributed by atoms with Gasteiger partial charge in [-0.25, -0.2) is 4.98 Å². The Balaban J connectivity index is 1.96. The molecule has 1 fully saturated rings. The first-order valence-electron chi connectivity index (χ1n) is 5.80. The van der Waals surface area contributed by atoms with Crippen LogP contribution >= 0.6 is 11.6 Å². The lowest BCUT2D eigenvalue weighted by Crippen LogP contribution is -2.09. The van der Waals surface area contributed by atoms with Crippen LogP contribution in [0, 0.1) is 5.92 Å². The molecule has 0 radical (unpaired) electrons. The Hall–Kier alpha value is -1.03. The van der Waals surface area contributed by atoms with Crippen molar-refractivity contribution in [1.29, 1.82) is 0 Å². The molecule has 2 rings (SSSR count). The molecule has 0 aliphatic heterocycles. The van der Waals surface area contributed by atoms with E-state index in [4.69, 9.17) is 11.6 Å². The van der Waals surface area contributed by atoms with Gasteiger partial charge in [-0.15, -0.1) is 0 Å². The molecule has 0 atom stereocenters. The molecule has 1 heterocycles. The monoisotopic (exact) mass is 240 g/mol. The first kappa shape index (κ1) is 11.5. The van der Waals surface area contributed by atoms with Crippen LogP contribution in [0.5, 0.6) is 0 Å². The van der Waals surface area contributed by atoms with Crippen molar-refractivity contribution in [3.8, 4) is 0 Å². The summed E-state index contributed by atoms with van der Waals surface area (Å²) in [7, 11) is 0. The lowest BCUT2D eigenvalue weighted by atomic mass is 10.4. The summed E-state index contributed by atoms with van der Waals surface area (Å²) in [6, 6.07) is 0. The Morgan fingerprint density at radius 3 is 2.94 bits per heavy atom. The number of rotatable bonds is 6. The maximum atomic E-state index is 6.02. The quantitative estimate of drug-likeness (QED) is 0.803. The van der Waals surface area contributed by atoms with Gasteiger partial charge in [0.2, 0.25) is 5.95 Å². The minimum Gasteiger partial charge on any atom is -0.368 e. The van der Waals surface area contributed by atoms with E-state index in [-0.39, 0.29) is 0 Å². The summed E-state index contributed by atoms with van der Waals surface area (Å²) in [4.78, 5) is 8.47. The average molecular weight is 241 g/mol. The number of anilines is 2. The van der Waals surface area contributed by atoms with Gasteiger partial charge in [0.1, 0.15) is 10.8 Å². The smallest absolute Gasteiger partial charge is 0.224 e. The topological polar surface area (TPSA) is 49.8 Å². The number of nitrogens with one attached hydrogen (secondary N) is 2. The van der Waals surface area contributed by atoms with Crippen molar-refractivity contribution in [2.24, 2.45) is 5.92 Å². The Labute approximate surface area is 101 Å². The van der Waals surface area contributed by atoms with Crippen LogP contribution in [0.25, 0.3) is 0 Å². The van der Waals surface area contributed by atoms with Crippen molar-refractivity contribution in [3.63, 3.8) is 0 Å². The summed E-state index contributed by atoms with van der Waals surface area (Å²) >= 11 is 6.02. The number of aromatic nitrogens is 2. The molecule has 0 saturated heterocycles. The van der Waals surface area contributed by atoms with E-state index in [0.29, 0.717) is 11.0 Å². The van der Waals surface area contributed by atoms with Crippen LogP contribution in [-0.4, -0.2) is 23.1 Å². The average Bonchev–Trinajstić information content (AvgIpc) is 3.10. The standard InChI is InChI=1S/C11H17ClN4/c1-2-5-13-11-15-7-9(12)10(16-11)14-6-8-3-4-8/h7-8H,2-6H2,1H3,(H2,13,14,15,16). The molecule has 1 saturated carbocycles. The summed E-state index contributed by atoms with van der Waals surface area (Å²) < 4.78 is 0. The van der Waals surface area contributed by atoms with Gasteiger partial charge in [0.15, 0.2) is 0 Å². The second-order valence-electron chi connectivity index (χ2n) is 4.14. The van der Waals surface area contributed by atoms with E-state index < -0.39 is 0 Å². The van der Waals surface area contributed by atoms with Gasteiger partial charge in [-0.05, 0) is 25.2 Å². The predicted molar refractivity (Wildman–Crippen MR) is 67.0 cm³/mol. The van der Waals surface area contributed by atoms with Gasteiger partial charge >= 0.3 is 0 Å². The fourth-order valence-electron chi connectivity index (χ4n) is 1.38. The number of halogens is 1. The van der Waals surface area contributed by atoms with Crippen LogP contribution in [0.2, 0.25) is 5.02 Å². The molecule has 5 heteroatoms. The highest BCUT2D eigenvalue weighted by atomic mass is 35.5. The lowest BCUT2D eigenvalue weighted by molar-refractivity contribution is 0.879. The van der Waals surface area contributed by atoms with E-state index in [1.54, 1.807) is 6.20 Å². The van der Waals surface area contributed by atoms with Gasteiger partial charge in [0, 0.05) is 13.1 Å². The molecule has 0 amide bonds. The van der Waals surface area contributed by atoms with Crippen molar-refractivity contribution in [2.45, 2.75) is 26.2 Å². The normalized spacial score (nSPS) is 14.9. The summed E-state index contributed by atoms with van der Waals surface area (Å²) in [5.41, 5.74) is 0. The Morgan fingerprint density at radius 1 is 1.44 bits per heavy atom. The van der Waals surface area contributed by atoms with Crippen molar-refractivity contribution in [1.82, 2.24) is 9.97 Å². The van der Waals surface area contributed by atoms with Crippen LogP contribution in [0.15, 0.2) is 6.20 Å². The van der Waals surface area contributed by atoms with Crippen LogP contribution in [-0.2, 0) is 0 Å². The zero-order chi connectivity index (χ0) is 11.4. The molecule has 16 heavy (non-hydrogen) atoms. The molecule has 1 aromatic rings. The lowest BCUT2D eigenvalue weighted by Gasteiger charge is -2.08. The minimum atomic E-state index is 0.586. The van der Waals surface area contributed by atoms with E-state index in [2.05, 4.69) is 27.5 Å². The molecule has 4 nitrogen and oxygen atoms in total. The van der Waals surface area contributed by atoms with Crippen LogP contribution in [0.3, 0.4) is 0 Å². The van der Waals surface area contributed by atoms with E-state index in [0.717, 1.165) is 31.2 Å². The summed E-state index contributed by atoms with van der Waals surface area (Å²) in [6.45, 7) is 3.95. The molecule has 2 N–H and O–H groups in total. The molecule has 1 aliphatic carbocycles. The second-order valence-corrected chi connectivity index (χ2v) is 4.55. The summed E-state index contributed by atoms with van der Waals surface area (Å²) in [5.74, 6) is 2.18. The SMILES string of the molecule is CCCNc1ncc(Cl)c(NCC2CC2)n1. The highest BCUT2D eigenvalue weighted by Gasteiger charge is 2.21.